The van der Waals surface area contributed by atoms with Crippen LogP contribution in [0.2, 0.25) is 0 Å². The normalized spacial score (nSPS) is 30.2. The summed E-state index contributed by atoms with van der Waals surface area (Å²) in [6.07, 6.45) is -8.46. The molecule has 284 valence electrons. The van der Waals surface area contributed by atoms with Gasteiger partial charge in [-0.1, -0.05) is 13.3 Å². The van der Waals surface area contributed by atoms with E-state index in [1.54, 1.807) is 0 Å². The molecule has 2 fully saturated rings. The van der Waals surface area contributed by atoms with Crippen LogP contribution in [0.4, 0.5) is 0 Å². The number of hydrogen-bond donors (Lipinski definition) is 9. The van der Waals surface area contributed by atoms with E-state index in [2.05, 4.69) is 16.0 Å². The van der Waals surface area contributed by atoms with E-state index in [1.165, 1.54) is 18.7 Å². The Balaban J connectivity index is 1.81. The first-order valence-corrected chi connectivity index (χ1v) is 16.9. The van der Waals surface area contributed by atoms with E-state index in [4.69, 9.17) is 18.9 Å². The molecule has 2 aliphatic heterocycles. The molecule has 2 rings (SSSR count). The topological polar surface area (TPSA) is 266 Å². The second-order valence-corrected chi connectivity index (χ2v) is 12.4. The minimum atomic E-state index is -1.49. The van der Waals surface area contributed by atoms with Crippen molar-refractivity contribution in [1.29, 1.82) is 0 Å². The van der Waals surface area contributed by atoms with Gasteiger partial charge in [0.25, 0.3) is 0 Å². The lowest BCUT2D eigenvalue weighted by molar-refractivity contribution is -0.292. The summed E-state index contributed by atoms with van der Waals surface area (Å²) in [6.45, 7) is 4.13. The zero-order chi connectivity index (χ0) is 36.5. The van der Waals surface area contributed by atoms with Crippen LogP contribution in [-0.4, -0.2) is 173 Å². The first kappa shape index (κ1) is 42.8. The van der Waals surface area contributed by atoms with Gasteiger partial charge in [-0.05, 0) is 33.1 Å². The van der Waals surface area contributed by atoms with Gasteiger partial charge in [0.15, 0.2) is 12.6 Å². The molecule has 0 aromatic rings. The molecule has 9 N–H and O–H groups in total. The Morgan fingerprint density at radius 3 is 1.45 bits per heavy atom. The first-order valence-electron chi connectivity index (χ1n) is 16.9. The van der Waals surface area contributed by atoms with Gasteiger partial charge in [0.05, 0.1) is 45.1 Å². The summed E-state index contributed by atoms with van der Waals surface area (Å²) in [5.41, 5.74) is 0. The molecular formula is C31H56N4O14. The van der Waals surface area contributed by atoms with Gasteiger partial charge in [0.1, 0.15) is 42.4 Å². The number of carbonyl (C=O) groups is 4. The van der Waals surface area contributed by atoms with Crippen LogP contribution >= 0.6 is 0 Å². The highest BCUT2D eigenvalue weighted by atomic mass is 16.7. The smallest absolute Gasteiger partial charge is 0.234 e. The van der Waals surface area contributed by atoms with Crippen LogP contribution in [0.5, 0.6) is 0 Å². The van der Waals surface area contributed by atoms with E-state index in [0.717, 1.165) is 19.3 Å². The van der Waals surface area contributed by atoms with Crippen molar-refractivity contribution in [2.75, 3.05) is 52.5 Å². The lowest BCUT2D eigenvalue weighted by Gasteiger charge is -2.38. The highest BCUT2D eigenvalue weighted by Crippen LogP contribution is 2.22. The van der Waals surface area contributed by atoms with Gasteiger partial charge in [-0.3, -0.25) is 24.1 Å². The van der Waals surface area contributed by atoms with E-state index in [1.807, 2.05) is 6.92 Å². The van der Waals surface area contributed by atoms with Crippen LogP contribution in [0.15, 0.2) is 0 Å². The average molecular weight is 709 g/mol. The van der Waals surface area contributed by atoms with E-state index < -0.39 is 79.1 Å². The predicted octanol–water partition coefficient (Wildman–Crippen LogP) is -3.75. The van der Waals surface area contributed by atoms with Crippen molar-refractivity contribution in [1.82, 2.24) is 20.9 Å². The third-order valence-electron chi connectivity index (χ3n) is 8.11. The second kappa shape index (κ2) is 22.5. The number of unbranched alkanes of at least 4 members (excludes halogenated alkanes) is 2. The second-order valence-electron chi connectivity index (χ2n) is 12.4. The van der Waals surface area contributed by atoms with E-state index in [0.29, 0.717) is 25.8 Å². The summed E-state index contributed by atoms with van der Waals surface area (Å²) >= 11 is 0. The van der Waals surface area contributed by atoms with E-state index in [9.17, 15) is 49.8 Å². The number of nitrogens with one attached hydrogen (secondary N) is 3. The minimum Gasteiger partial charge on any atom is -0.388 e. The molecule has 18 heteroatoms. The lowest BCUT2D eigenvalue weighted by atomic mass is 10.0. The van der Waals surface area contributed by atoms with Crippen molar-refractivity contribution in [3.63, 3.8) is 0 Å². The van der Waals surface area contributed by atoms with E-state index >= 15 is 0 Å². The fraction of sp³-hybridized carbons (Fsp3) is 0.871. The van der Waals surface area contributed by atoms with Gasteiger partial charge in [-0.2, -0.15) is 0 Å². The number of ketones is 1. The van der Waals surface area contributed by atoms with Gasteiger partial charge in [0.2, 0.25) is 17.7 Å². The van der Waals surface area contributed by atoms with Crippen LogP contribution in [0.1, 0.15) is 59.3 Å². The number of aliphatic hydroxyl groups excluding tert-OH is 6. The summed E-state index contributed by atoms with van der Waals surface area (Å²) in [6, 6.07) is 0. The quantitative estimate of drug-likeness (QED) is 0.0489. The molecule has 0 bridgehead atoms. The Morgan fingerprint density at radius 2 is 1.02 bits per heavy atom. The van der Waals surface area contributed by atoms with Gasteiger partial charge in [0, 0.05) is 32.5 Å². The van der Waals surface area contributed by atoms with Gasteiger partial charge in [-0.25, -0.2) is 0 Å². The summed E-state index contributed by atoms with van der Waals surface area (Å²) in [7, 11) is 0. The van der Waals surface area contributed by atoms with Crippen molar-refractivity contribution >= 4 is 23.5 Å². The summed E-state index contributed by atoms with van der Waals surface area (Å²) in [5.74, 6) is -1.25. The van der Waals surface area contributed by atoms with Crippen molar-refractivity contribution in [2.24, 2.45) is 0 Å². The minimum absolute atomic E-state index is 0.0256. The Kier molecular flexibility index (Phi) is 19.6. The Bertz CT molecular complexity index is 969. The number of nitrogens with zero attached hydrogens (tertiary/aromatic N) is 1. The number of aliphatic hydroxyl groups is 6. The molecule has 49 heavy (non-hydrogen) atoms. The molecule has 0 spiro atoms. The fourth-order valence-electron chi connectivity index (χ4n) is 5.23. The standard InChI is InChI=1S/C31H56N4O14/c1-4-8-20(36)9-6-5-7-10-32-21(37)15-35(16-22(38)33-11-13-46-30-28(44)26(42)24(40)18(2)48-30)17-23(39)34-12-14-47-31-29(45)27(43)25(41)19(3)49-31/h18-19,24-31,40-45H,4-17H2,1-3H3,(H,32,37)(H,33,38)(H,34,39)/t18-,19-,24+,25+,26+,27+,28-,29-,30-,31-/m0/s1. The van der Waals surface area contributed by atoms with Crippen molar-refractivity contribution in [3.8, 4) is 0 Å². The molecule has 0 saturated carbocycles. The maximum absolute atomic E-state index is 12.7. The molecule has 2 heterocycles. The monoisotopic (exact) mass is 708 g/mol. The Morgan fingerprint density at radius 1 is 0.592 bits per heavy atom. The van der Waals surface area contributed by atoms with Crippen LogP contribution in [0, 0.1) is 0 Å². The van der Waals surface area contributed by atoms with Crippen LogP contribution < -0.4 is 16.0 Å². The number of Topliss-reactive ketones (excluding diaryl/α,β-unsaturated/α-hetero) is 1. The molecule has 2 saturated heterocycles. The molecule has 0 radical (unpaired) electrons. The van der Waals surface area contributed by atoms with Crippen LogP contribution in [-0.2, 0) is 38.1 Å². The number of hydrogen-bond acceptors (Lipinski definition) is 15. The largest absolute Gasteiger partial charge is 0.388 e. The van der Waals surface area contributed by atoms with Crippen molar-refractivity contribution in [3.05, 3.63) is 0 Å². The number of amides is 3. The van der Waals surface area contributed by atoms with Crippen molar-refractivity contribution in [2.45, 2.75) is 121 Å². The molecule has 0 unspecified atom stereocenters. The molecule has 0 aromatic carbocycles. The molecule has 3 amide bonds. The lowest BCUT2D eigenvalue weighted by Crippen LogP contribution is -2.57. The fourth-order valence-corrected chi connectivity index (χ4v) is 5.23. The summed E-state index contributed by atoms with van der Waals surface area (Å²) in [5, 5.41) is 67.5. The number of ether oxygens (including phenoxy) is 4. The van der Waals surface area contributed by atoms with Crippen LogP contribution in [0.25, 0.3) is 0 Å². The Hall–Kier alpha value is -2.36. The van der Waals surface area contributed by atoms with Crippen LogP contribution in [0.3, 0.4) is 0 Å². The van der Waals surface area contributed by atoms with Crippen molar-refractivity contribution < 1.29 is 68.8 Å². The number of carbonyl (C=O) groups excluding carboxylic acids is 4. The zero-order valence-corrected chi connectivity index (χ0v) is 28.6. The molecule has 10 atom stereocenters. The molecule has 2 aliphatic rings. The third-order valence-corrected chi connectivity index (χ3v) is 8.11. The SMILES string of the molecule is CCCC(=O)CCCCCNC(=O)CN(CC(=O)NCCO[C@H]1O[C@@H](C)[C@@H](O)[C@@H](O)[C@@H]1O)CC(=O)NCCO[C@H]1O[C@@H](C)[C@@H](O)[C@@H](O)[C@@H]1O. The zero-order valence-electron chi connectivity index (χ0n) is 28.6. The molecular weight excluding hydrogens is 652 g/mol. The Labute approximate surface area is 286 Å². The molecule has 0 aromatic heterocycles. The first-order chi connectivity index (χ1) is 23.2. The van der Waals surface area contributed by atoms with E-state index in [-0.39, 0.29) is 51.7 Å². The van der Waals surface area contributed by atoms with Gasteiger partial charge >= 0.3 is 0 Å². The molecule has 18 nitrogen and oxygen atoms in total. The maximum Gasteiger partial charge on any atom is 0.234 e. The van der Waals surface area contributed by atoms with Gasteiger partial charge < -0.3 is 65.5 Å². The highest BCUT2D eigenvalue weighted by Gasteiger charge is 2.43. The summed E-state index contributed by atoms with van der Waals surface area (Å²) in [4.78, 5) is 51.1. The average Bonchev–Trinajstić information content (AvgIpc) is 3.05. The summed E-state index contributed by atoms with van der Waals surface area (Å²) < 4.78 is 21.5. The third kappa shape index (κ3) is 15.2. The predicted molar refractivity (Wildman–Crippen MR) is 170 cm³/mol. The molecule has 0 aliphatic carbocycles. The number of rotatable bonds is 22. The highest BCUT2D eigenvalue weighted by molar-refractivity contribution is 5.84. The maximum atomic E-state index is 12.7. The van der Waals surface area contributed by atoms with Gasteiger partial charge in [-0.15, -0.1) is 0 Å².